The van der Waals surface area contributed by atoms with E-state index in [2.05, 4.69) is 5.32 Å². The lowest BCUT2D eigenvalue weighted by Crippen LogP contribution is -2.47. The molecule has 0 saturated carbocycles. The van der Waals surface area contributed by atoms with Gasteiger partial charge in [0, 0.05) is 25.2 Å². The molecule has 0 spiro atoms. The maximum atomic E-state index is 12.3. The van der Waals surface area contributed by atoms with Crippen LogP contribution in [0.5, 0.6) is 0 Å². The number of nitrogens with zero attached hydrogens (tertiary/aromatic N) is 2. The predicted octanol–water partition coefficient (Wildman–Crippen LogP) is 2.03. The summed E-state index contributed by atoms with van der Waals surface area (Å²) in [4.78, 5) is 24.4. The van der Waals surface area contributed by atoms with Gasteiger partial charge in [-0.3, -0.25) is 19.8 Å². The normalized spacial score (nSPS) is 18.0. The zero-order valence-corrected chi connectivity index (χ0v) is 12.9. The van der Waals surface area contributed by atoms with Crippen molar-refractivity contribution in [3.05, 3.63) is 33.3 Å². The summed E-state index contributed by atoms with van der Waals surface area (Å²) in [6, 6.07) is 3.56. The molecule has 1 amide bonds. The first-order valence-electron chi connectivity index (χ1n) is 7.05. The van der Waals surface area contributed by atoms with E-state index in [1.165, 1.54) is 18.2 Å². The van der Waals surface area contributed by atoms with Crippen molar-refractivity contribution in [2.45, 2.75) is 31.9 Å². The summed E-state index contributed by atoms with van der Waals surface area (Å²) in [6.07, 6.45) is 1.00. The molecule has 8 heteroatoms. The van der Waals surface area contributed by atoms with Gasteiger partial charge in [-0.2, -0.15) is 0 Å². The van der Waals surface area contributed by atoms with Gasteiger partial charge in [-0.1, -0.05) is 11.6 Å². The van der Waals surface area contributed by atoms with Crippen LogP contribution in [0.15, 0.2) is 18.2 Å². The molecule has 1 aromatic carbocycles. The Hall–Kier alpha value is -1.70. The highest BCUT2D eigenvalue weighted by Gasteiger charge is 2.26. The Morgan fingerprint density at radius 2 is 2.14 bits per heavy atom. The Labute approximate surface area is 133 Å². The van der Waals surface area contributed by atoms with E-state index in [1.54, 1.807) is 6.92 Å². The average molecular weight is 328 g/mol. The summed E-state index contributed by atoms with van der Waals surface area (Å²) in [6.45, 7) is 3.10. The van der Waals surface area contributed by atoms with Crippen LogP contribution in [0.3, 0.4) is 0 Å². The number of piperidine rings is 1. The molecule has 1 aliphatic rings. The molecule has 2 N–H and O–H groups in total. The number of non-ortho nitro benzene ring substituents is 1. The van der Waals surface area contributed by atoms with Crippen molar-refractivity contribution >= 4 is 28.9 Å². The van der Waals surface area contributed by atoms with Gasteiger partial charge >= 0.3 is 0 Å². The molecule has 1 heterocycles. The van der Waals surface area contributed by atoms with Gasteiger partial charge in [0.2, 0.25) is 5.91 Å². The summed E-state index contributed by atoms with van der Waals surface area (Å²) in [5.74, 6) is -0.229. The topological polar surface area (TPSA) is 95.7 Å². The number of likely N-dealkylation sites (tertiary alicyclic amines) is 1. The molecule has 1 unspecified atom stereocenters. The fourth-order valence-electron chi connectivity index (χ4n) is 2.40. The Bertz CT molecular complexity index is 573. The fourth-order valence-corrected chi connectivity index (χ4v) is 2.62. The number of nitrogens with one attached hydrogen (secondary N) is 1. The van der Waals surface area contributed by atoms with Crippen LogP contribution < -0.4 is 5.32 Å². The molecule has 120 valence electrons. The molecule has 1 atom stereocenters. The van der Waals surface area contributed by atoms with Gasteiger partial charge < -0.3 is 10.4 Å². The van der Waals surface area contributed by atoms with E-state index in [4.69, 9.17) is 11.6 Å². The highest BCUT2D eigenvalue weighted by Crippen LogP contribution is 2.27. The number of halogens is 1. The maximum Gasteiger partial charge on any atom is 0.271 e. The molecule has 1 aromatic rings. The molecule has 0 radical (unpaired) electrons. The molecular formula is C14H18ClN3O4. The number of carbonyl (C=O) groups excluding carboxylic acids is 1. The number of aliphatic hydroxyl groups is 1. The Morgan fingerprint density at radius 1 is 1.50 bits per heavy atom. The Kier molecular flexibility index (Phi) is 5.33. The molecule has 0 bridgehead atoms. The zero-order valence-electron chi connectivity index (χ0n) is 12.2. The summed E-state index contributed by atoms with van der Waals surface area (Å²) >= 11 is 5.96. The molecule has 0 aromatic heterocycles. The van der Waals surface area contributed by atoms with Crippen molar-refractivity contribution in [2.24, 2.45) is 0 Å². The molecule has 2 rings (SSSR count). The zero-order chi connectivity index (χ0) is 16.3. The van der Waals surface area contributed by atoms with E-state index in [1.807, 2.05) is 4.90 Å². The predicted molar refractivity (Wildman–Crippen MR) is 83.0 cm³/mol. The molecule has 1 fully saturated rings. The fraction of sp³-hybridized carbons (Fsp3) is 0.500. The SMILES string of the molecule is CC(C(=O)Nc1ccc([N+](=O)[O-])cc1Cl)N1CCC(O)CC1. The van der Waals surface area contributed by atoms with E-state index in [0.717, 1.165) is 0 Å². The van der Waals surface area contributed by atoms with Crippen LogP contribution in [0.4, 0.5) is 11.4 Å². The molecule has 7 nitrogen and oxygen atoms in total. The van der Waals surface area contributed by atoms with Gasteiger partial charge in [0.05, 0.1) is 27.8 Å². The van der Waals surface area contributed by atoms with Crippen molar-refractivity contribution in [3.8, 4) is 0 Å². The summed E-state index contributed by atoms with van der Waals surface area (Å²) in [5, 5.41) is 23.0. The average Bonchev–Trinajstić information content (AvgIpc) is 2.49. The Balaban J connectivity index is 2.00. The summed E-state index contributed by atoms with van der Waals surface area (Å²) in [7, 11) is 0. The quantitative estimate of drug-likeness (QED) is 0.651. The number of benzene rings is 1. The first kappa shape index (κ1) is 16.7. The van der Waals surface area contributed by atoms with Crippen molar-refractivity contribution in [2.75, 3.05) is 18.4 Å². The number of rotatable bonds is 4. The molecular weight excluding hydrogens is 310 g/mol. The number of anilines is 1. The molecule has 0 aliphatic carbocycles. The van der Waals surface area contributed by atoms with Gasteiger partial charge in [-0.15, -0.1) is 0 Å². The number of carbonyl (C=O) groups is 1. The lowest BCUT2D eigenvalue weighted by molar-refractivity contribution is -0.384. The number of hydrogen-bond acceptors (Lipinski definition) is 5. The van der Waals surface area contributed by atoms with Gasteiger partial charge in [0.15, 0.2) is 0 Å². The standard InChI is InChI=1S/C14H18ClN3O4/c1-9(17-6-4-11(19)5-7-17)14(20)16-13-3-2-10(18(21)22)8-12(13)15/h2-3,8-9,11,19H,4-7H2,1H3,(H,16,20). The number of hydrogen-bond donors (Lipinski definition) is 2. The maximum absolute atomic E-state index is 12.3. The van der Waals surface area contributed by atoms with Gasteiger partial charge in [0.25, 0.3) is 5.69 Å². The van der Waals surface area contributed by atoms with E-state index >= 15 is 0 Å². The summed E-state index contributed by atoms with van der Waals surface area (Å²) in [5.41, 5.74) is 0.224. The minimum absolute atomic E-state index is 0.124. The second-order valence-electron chi connectivity index (χ2n) is 5.35. The van der Waals surface area contributed by atoms with Crippen LogP contribution in [-0.2, 0) is 4.79 Å². The monoisotopic (exact) mass is 327 g/mol. The first-order chi connectivity index (χ1) is 10.4. The first-order valence-corrected chi connectivity index (χ1v) is 7.43. The van der Waals surface area contributed by atoms with Crippen molar-refractivity contribution < 1.29 is 14.8 Å². The minimum Gasteiger partial charge on any atom is -0.393 e. The van der Waals surface area contributed by atoms with Crippen LogP contribution in [-0.4, -0.2) is 46.1 Å². The third kappa shape index (κ3) is 3.94. The second-order valence-corrected chi connectivity index (χ2v) is 5.76. The minimum atomic E-state index is -0.543. The highest BCUT2D eigenvalue weighted by atomic mass is 35.5. The van der Waals surface area contributed by atoms with Gasteiger partial charge in [-0.25, -0.2) is 0 Å². The van der Waals surface area contributed by atoms with Crippen LogP contribution in [0.2, 0.25) is 5.02 Å². The number of aliphatic hydroxyl groups excluding tert-OH is 1. The number of nitro benzene ring substituents is 1. The third-order valence-electron chi connectivity index (χ3n) is 3.85. The van der Waals surface area contributed by atoms with Crippen molar-refractivity contribution in [3.63, 3.8) is 0 Å². The Morgan fingerprint density at radius 3 is 2.68 bits per heavy atom. The van der Waals surface area contributed by atoms with Crippen LogP contribution in [0.1, 0.15) is 19.8 Å². The highest BCUT2D eigenvalue weighted by molar-refractivity contribution is 6.34. The largest absolute Gasteiger partial charge is 0.393 e. The molecule has 22 heavy (non-hydrogen) atoms. The van der Waals surface area contributed by atoms with E-state index < -0.39 is 4.92 Å². The van der Waals surface area contributed by atoms with E-state index in [9.17, 15) is 20.0 Å². The van der Waals surface area contributed by atoms with Crippen molar-refractivity contribution in [1.29, 1.82) is 0 Å². The number of amides is 1. The number of nitro groups is 1. The van der Waals surface area contributed by atoms with Crippen LogP contribution in [0.25, 0.3) is 0 Å². The third-order valence-corrected chi connectivity index (χ3v) is 4.16. The second kappa shape index (κ2) is 7.04. The smallest absolute Gasteiger partial charge is 0.271 e. The van der Waals surface area contributed by atoms with Crippen LogP contribution >= 0.6 is 11.6 Å². The lowest BCUT2D eigenvalue weighted by atomic mass is 10.1. The van der Waals surface area contributed by atoms with E-state index in [-0.39, 0.29) is 28.8 Å². The molecule has 1 saturated heterocycles. The van der Waals surface area contributed by atoms with Crippen LogP contribution in [0, 0.1) is 10.1 Å². The molecule has 1 aliphatic heterocycles. The summed E-state index contributed by atoms with van der Waals surface area (Å²) < 4.78 is 0. The lowest BCUT2D eigenvalue weighted by Gasteiger charge is -2.33. The van der Waals surface area contributed by atoms with E-state index in [0.29, 0.717) is 31.6 Å². The van der Waals surface area contributed by atoms with Crippen molar-refractivity contribution in [1.82, 2.24) is 4.90 Å². The van der Waals surface area contributed by atoms with Gasteiger partial charge in [0.1, 0.15) is 0 Å². The van der Waals surface area contributed by atoms with Gasteiger partial charge in [-0.05, 0) is 25.8 Å².